The number of hydrogen-bond acceptors (Lipinski definition) is 1. The maximum atomic E-state index is 4.34. The van der Waals surface area contributed by atoms with Crippen molar-refractivity contribution in [1.82, 2.24) is 0 Å². The van der Waals surface area contributed by atoms with Gasteiger partial charge in [-0.2, -0.15) is 0 Å². The van der Waals surface area contributed by atoms with Crippen LogP contribution in [0.15, 0.2) is 0 Å². The van der Waals surface area contributed by atoms with Crippen LogP contribution in [0.4, 0.5) is 0 Å². The fraction of sp³-hybridized carbons (Fsp3) is 1.00. The molecule has 40 valence electrons. The molecule has 3 heteroatoms. The van der Waals surface area contributed by atoms with Gasteiger partial charge in [0.25, 0.3) is 0 Å². The Labute approximate surface area is 63.8 Å². The summed E-state index contributed by atoms with van der Waals surface area (Å²) in [5, 5.41) is 0. The summed E-state index contributed by atoms with van der Waals surface area (Å²) in [6.07, 6.45) is 0. The predicted octanol–water partition coefficient (Wildman–Crippen LogP) is 2.75. The molecular formula is C3H8I2S. The molecule has 0 amide bonds. The summed E-state index contributed by atoms with van der Waals surface area (Å²) in [6.45, 7) is 2.22. The van der Waals surface area contributed by atoms with Crippen LogP contribution in [0, 0.1) is 0 Å². The summed E-state index contributed by atoms with van der Waals surface area (Å²) in [4.78, 5) is 2.25. The first-order chi connectivity index (χ1) is 2.64. The van der Waals surface area contributed by atoms with E-state index in [4.69, 9.17) is 0 Å². The SMILES string of the molecule is CC(I)I(C)S. The molecule has 0 saturated heterocycles. The van der Waals surface area contributed by atoms with Gasteiger partial charge in [0.1, 0.15) is 0 Å². The molecule has 0 aromatic heterocycles. The quantitative estimate of drug-likeness (QED) is 0.427. The number of rotatable bonds is 1. The summed E-state index contributed by atoms with van der Waals surface area (Å²) in [5.41, 5.74) is 0. The number of alkyl halides is 3. The zero-order valence-corrected chi connectivity index (χ0v) is 8.99. The van der Waals surface area contributed by atoms with Crippen molar-refractivity contribution in [2.75, 3.05) is 4.93 Å². The predicted molar refractivity (Wildman–Crippen MR) is 52.4 cm³/mol. The topological polar surface area (TPSA) is 0 Å². The molecule has 1 unspecified atom stereocenters. The normalized spacial score (nSPS) is 17.0. The first kappa shape index (κ1) is 7.81. The minimum absolute atomic E-state index is 0.703. The Balaban J connectivity index is 2.99. The molecule has 0 aromatic carbocycles. The van der Waals surface area contributed by atoms with Crippen LogP contribution in [0.2, 0.25) is 0 Å². The maximum absolute atomic E-state index is 4.34. The van der Waals surface area contributed by atoms with Gasteiger partial charge in [0, 0.05) is 0 Å². The first-order valence-corrected chi connectivity index (χ1v) is 9.44. The molecule has 1 atom stereocenters. The Bertz CT molecular complexity index is 29.8. The van der Waals surface area contributed by atoms with E-state index in [0.29, 0.717) is 0 Å². The Hall–Kier alpha value is 1.81. The average molecular weight is 330 g/mol. The Morgan fingerprint density at radius 2 is 2.00 bits per heavy atom. The van der Waals surface area contributed by atoms with Crippen molar-refractivity contribution in [2.24, 2.45) is 0 Å². The van der Waals surface area contributed by atoms with Crippen LogP contribution in [0.25, 0.3) is 0 Å². The Kier molecular flexibility index (Phi) is 4.91. The van der Waals surface area contributed by atoms with E-state index in [1.165, 1.54) is 0 Å². The fourth-order valence-electron chi connectivity index (χ4n) is 0. The van der Waals surface area contributed by atoms with Gasteiger partial charge in [-0.1, -0.05) is 0 Å². The van der Waals surface area contributed by atoms with E-state index >= 15 is 0 Å². The van der Waals surface area contributed by atoms with Gasteiger partial charge in [0.2, 0.25) is 0 Å². The number of halogens is 2. The number of hydrogen-bond donors (Lipinski definition) is 1. The molecule has 0 saturated carbocycles. The minimum atomic E-state index is -0.703. The van der Waals surface area contributed by atoms with Gasteiger partial charge in [0.15, 0.2) is 0 Å². The van der Waals surface area contributed by atoms with Gasteiger partial charge in [-0.25, -0.2) is 0 Å². The van der Waals surface area contributed by atoms with Gasteiger partial charge in [-0.3, -0.25) is 0 Å². The van der Waals surface area contributed by atoms with E-state index in [1.54, 1.807) is 0 Å². The summed E-state index contributed by atoms with van der Waals surface area (Å²) in [6, 6.07) is 0. The molecule has 0 nitrogen and oxygen atoms in total. The molecule has 0 spiro atoms. The molecular weight excluding hydrogens is 322 g/mol. The third-order valence-corrected chi connectivity index (χ3v) is 12.1. The van der Waals surface area contributed by atoms with Gasteiger partial charge >= 0.3 is 64.6 Å². The number of thiol groups is 1. The zero-order chi connectivity index (χ0) is 5.15. The standard InChI is InChI=1S/C3H8I2S/c1-3(4)5(2)6/h3,6H,1-2H3. The average Bonchev–Trinajstić information content (AvgIpc) is 1.36. The van der Waals surface area contributed by atoms with Crippen LogP contribution in [0.5, 0.6) is 0 Å². The van der Waals surface area contributed by atoms with Gasteiger partial charge < -0.3 is 0 Å². The van der Waals surface area contributed by atoms with E-state index in [2.05, 4.69) is 44.2 Å². The monoisotopic (exact) mass is 330 g/mol. The van der Waals surface area contributed by atoms with Crippen LogP contribution in [0.1, 0.15) is 6.92 Å². The van der Waals surface area contributed by atoms with Crippen molar-refractivity contribution in [3.05, 3.63) is 0 Å². The van der Waals surface area contributed by atoms with Gasteiger partial charge in [-0.05, 0) is 0 Å². The molecule has 0 aromatic rings. The van der Waals surface area contributed by atoms with Crippen LogP contribution in [0.3, 0.4) is 0 Å². The third-order valence-electron chi connectivity index (χ3n) is 0.435. The summed E-state index contributed by atoms with van der Waals surface area (Å²) in [5.74, 6) is 0. The summed E-state index contributed by atoms with van der Waals surface area (Å²) in [7, 11) is 4.34. The van der Waals surface area contributed by atoms with Crippen molar-refractivity contribution in [3.8, 4) is 0 Å². The zero-order valence-electron chi connectivity index (χ0n) is 3.78. The molecule has 0 N–H and O–H groups in total. The van der Waals surface area contributed by atoms with Gasteiger partial charge in [-0.15, -0.1) is 0 Å². The molecule has 6 heavy (non-hydrogen) atoms. The molecule has 0 fully saturated rings. The molecule has 0 radical (unpaired) electrons. The van der Waals surface area contributed by atoms with E-state index < -0.39 is 18.4 Å². The van der Waals surface area contributed by atoms with Crippen LogP contribution >= 0.6 is 50.8 Å². The van der Waals surface area contributed by atoms with Crippen LogP contribution in [-0.4, -0.2) is 6.86 Å². The summed E-state index contributed by atoms with van der Waals surface area (Å²) >= 11 is 1.72. The van der Waals surface area contributed by atoms with E-state index in [0.717, 1.165) is 1.93 Å². The summed E-state index contributed by atoms with van der Waals surface area (Å²) < 4.78 is 0.843. The van der Waals surface area contributed by atoms with E-state index in [9.17, 15) is 0 Å². The second-order valence-corrected chi connectivity index (χ2v) is 13.5. The van der Waals surface area contributed by atoms with E-state index in [1.807, 2.05) is 0 Å². The second kappa shape index (κ2) is 3.77. The van der Waals surface area contributed by atoms with Crippen molar-refractivity contribution in [1.29, 1.82) is 0 Å². The fourth-order valence-corrected chi connectivity index (χ4v) is 0. The van der Waals surface area contributed by atoms with Crippen LogP contribution < -0.4 is 0 Å². The molecule has 0 bridgehead atoms. The van der Waals surface area contributed by atoms with Crippen molar-refractivity contribution in [3.63, 3.8) is 0 Å². The Morgan fingerprint density at radius 1 is 1.83 bits per heavy atom. The molecule has 0 aliphatic heterocycles. The van der Waals surface area contributed by atoms with Crippen molar-refractivity contribution < 1.29 is 0 Å². The van der Waals surface area contributed by atoms with Crippen molar-refractivity contribution >= 4 is 50.8 Å². The van der Waals surface area contributed by atoms with E-state index in [-0.39, 0.29) is 0 Å². The molecule has 0 rings (SSSR count). The van der Waals surface area contributed by atoms with Crippen LogP contribution in [-0.2, 0) is 0 Å². The molecule has 0 heterocycles. The van der Waals surface area contributed by atoms with Gasteiger partial charge in [0.05, 0.1) is 0 Å². The Morgan fingerprint density at radius 3 is 2.00 bits per heavy atom. The van der Waals surface area contributed by atoms with Crippen molar-refractivity contribution in [2.45, 2.75) is 8.86 Å². The second-order valence-electron chi connectivity index (χ2n) is 1.00. The first-order valence-electron chi connectivity index (χ1n) is 1.56. The molecule has 0 aliphatic carbocycles. The molecule has 0 aliphatic rings. The third kappa shape index (κ3) is 3.98.